The summed E-state index contributed by atoms with van der Waals surface area (Å²) in [5, 5.41) is 4.81. The van der Waals surface area contributed by atoms with Crippen LogP contribution in [0.25, 0.3) is 0 Å². The fourth-order valence-electron chi connectivity index (χ4n) is 2.79. The molecular formula is C16H16Cl2N2O. The molecule has 1 heterocycles. The molecule has 0 amide bonds. The van der Waals surface area contributed by atoms with Crippen LogP contribution in [0.2, 0.25) is 10.0 Å². The summed E-state index contributed by atoms with van der Waals surface area (Å²) in [4.78, 5) is 14.4. The summed E-state index contributed by atoms with van der Waals surface area (Å²) in [6, 6.07) is 7.33. The maximum absolute atomic E-state index is 11.4. The Bertz CT molecular complexity index is 740. The van der Waals surface area contributed by atoms with E-state index in [1.54, 1.807) is 6.07 Å². The Morgan fingerprint density at radius 1 is 1.24 bits per heavy atom. The van der Waals surface area contributed by atoms with Crippen molar-refractivity contribution in [3.8, 4) is 0 Å². The molecule has 0 saturated heterocycles. The molecule has 21 heavy (non-hydrogen) atoms. The lowest BCUT2D eigenvalue weighted by molar-refractivity contribution is 0.587. The summed E-state index contributed by atoms with van der Waals surface area (Å²) in [7, 11) is 0. The van der Waals surface area contributed by atoms with Crippen molar-refractivity contribution >= 4 is 28.9 Å². The van der Waals surface area contributed by atoms with Crippen molar-refractivity contribution in [3.05, 3.63) is 61.5 Å². The summed E-state index contributed by atoms with van der Waals surface area (Å²) in [5.74, 6) is 0. The van der Waals surface area contributed by atoms with Gasteiger partial charge in [0.15, 0.2) is 0 Å². The molecule has 1 atom stereocenters. The molecule has 1 aromatic heterocycles. The van der Waals surface area contributed by atoms with Crippen LogP contribution in [-0.4, -0.2) is 4.98 Å². The molecule has 0 bridgehead atoms. The van der Waals surface area contributed by atoms with Crippen LogP contribution in [0, 0.1) is 6.92 Å². The van der Waals surface area contributed by atoms with Gasteiger partial charge in [-0.3, -0.25) is 4.79 Å². The molecule has 0 spiro atoms. The Labute approximate surface area is 133 Å². The maximum atomic E-state index is 11.4. The highest BCUT2D eigenvalue weighted by atomic mass is 35.5. The number of aromatic amines is 1. The monoisotopic (exact) mass is 322 g/mol. The molecule has 3 rings (SSSR count). The number of pyridine rings is 1. The largest absolute Gasteiger partial charge is 0.377 e. The van der Waals surface area contributed by atoms with Gasteiger partial charge in [-0.15, -0.1) is 0 Å². The van der Waals surface area contributed by atoms with E-state index in [9.17, 15) is 4.79 Å². The van der Waals surface area contributed by atoms with Gasteiger partial charge in [0.05, 0.1) is 16.8 Å². The summed E-state index contributed by atoms with van der Waals surface area (Å²) in [5.41, 5.74) is 3.89. The van der Waals surface area contributed by atoms with Crippen LogP contribution in [0.3, 0.4) is 0 Å². The maximum Gasteiger partial charge on any atom is 0.248 e. The first-order valence-electron chi connectivity index (χ1n) is 6.99. The summed E-state index contributed by atoms with van der Waals surface area (Å²) in [6.45, 7) is 1.93. The Hall–Kier alpha value is -1.45. The van der Waals surface area contributed by atoms with Crippen molar-refractivity contribution in [3.63, 3.8) is 0 Å². The van der Waals surface area contributed by atoms with Crippen molar-refractivity contribution in [1.82, 2.24) is 4.98 Å². The smallest absolute Gasteiger partial charge is 0.248 e. The molecule has 0 saturated carbocycles. The molecular weight excluding hydrogens is 307 g/mol. The molecule has 1 unspecified atom stereocenters. The van der Waals surface area contributed by atoms with E-state index < -0.39 is 0 Å². The second kappa shape index (κ2) is 5.74. The van der Waals surface area contributed by atoms with Gasteiger partial charge in [0.1, 0.15) is 0 Å². The summed E-state index contributed by atoms with van der Waals surface area (Å²) >= 11 is 12.5. The lowest BCUT2D eigenvalue weighted by Crippen LogP contribution is -2.21. The van der Waals surface area contributed by atoms with Crippen molar-refractivity contribution in [2.24, 2.45) is 0 Å². The van der Waals surface area contributed by atoms with Gasteiger partial charge in [-0.25, -0.2) is 0 Å². The zero-order valence-electron chi connectivity index (χ0n) is 11.7. The van der Waals surface area contributed by atoms with Gasteiger partial charge in [0.25, 0.3) is 0 Å². The fourth-order valence-corrected chi connectivity index (χ4v) is 3.23. The van der Waals surface area contributed by atoms with Crippen molar-refractivity contribution in [2.75, 3.05) is 5.32 Å². The Balaban J connectivity index is 1.94. The van der Waals surface area contributed by atoms with Gasteiger partial charge in [-0.05, 0) is 55.5 Å². The van der Waals surface area contributed by atoms with Crippen LogP contribution in [0.4, 0.5) is 5.69 Å². The van der Waals surface area contributed by atoms with Crippen LogP contribution in [0.5, 0.6) is 0 Å². The highest BCUT2D eigenvalue weighted by Crippen LogP contribution is 2.35. The fraction of sp³-hybridized carbons (Fsp3) is 0.312. The highest BCUT2D eigenvalue weighted by Gasteiger charge is 2.21. The number of hydrogen-bond donors (Lipinski definition) is 2. The van der Waals surface area contributed by atoms with Gasteiger partial charge in [0, 0.05) is 16.8 Å². The van der Waals surface area contributed by atoms with Gasteiger partial charge < -0.3 is 10.3 Å². The zero-order valence-corrected chi connectivity index (χ0v) is 13.2. The number of H-pyrrole nitrogens is 1. The lowest BCUT2D eigenvalue weighted by atomic mass is 9.91. The van der Waals surface area contributed by atoms with Gasteiger partial charge >= 0.3 is 0 Å². The molecule has 2 N–H and O–H groups in total. The van der Waals surface area contributed by atoms with E-state index in [1.807, 2.05) is 25.1 Å². The van der Waals surface area contributed by atoms with E-state index >= 15 is 0 Å². The van der Waals surface area contributed by atoms with Crippen LogP contribution in [-0.2, 0) is 6.42 Å². The van der Waals surface area contributed by atoms with E-state index in [4.69, 9.17) is 23.2 Å². The Morgan fingerprint density at radius 3 is 2.86 bits per heavy atom. The standard InChI is InChI=1S/C16H16Cl2N2O/c1-9-7-12(18)15(8-11(9)17)19-13-3-2-4-14-10(13)5-6-16(21)20-14/h5-8,13,19H,2-4H2,1H3,(H,20,21). The van der Waals surface area contributed by atoms with Gasteiger partial charge in [-0.1, -0.05) is 23.2 Å². The number of nitrogens with one attached hydrogen (secondary N) is 2. The SMILES string of the molecule is Cc1cc(Cl)c(NC2CCCc3[nH]c(=O)ccc32)cc1Cl. The molecule has 1 aliphatic rings. The summed E-state index contributed by atoms with van der Waals surface area (Å²) in [6.07, 6.45) is 2.94. The first kappa shape index (κ1) is 14.5. The van der Waals surface area contributed by atoms with Gasteiger partial charge in [0.2, 0.25) is 5.56 Å². The minimum absolute atomic E-state index is 0.0502. The molecule has 1 aliphatic carbocycles. The minimum Gasteiger partial charge on any atom is -0.377 e. The number of hydrogen-bond acceptors (Lipinski definition) is 2. The second-order valence-electron chi connectivity index (χ2n) is 5.43. The first-order valence-corrected chi connectivity index (χ1v) is 7.74. The lowest BCUT2D eigenvalue weighted by Gasteiger charge is -2.27. The molecule has 110 valence electrons. The average Bonchev–Trinajstić information content (AvgIpc) is 2.44. The molecule has 1 aromatic carbocycles. The third-order valence-electron chi connectivity index (χ3n) is 3.91. The zero-order chi connectivity index (χ0) is 15.0. The second-order valence-corrected chi connectivity index (χ2v) is 6.24. The van der Waals surface area contributed by atoms with Crippen LogP contribution < -0.4 is 10.9 Å². The molecule has 5 heteroatoms. The predicted octanol–water partition coefficient (Wildman–Crippen LogP) is 4.48. The number of anilines is 1. The number of rotatable bonds is 2. The van der Waals surface area contributed by atoms with Crippen molar-refractivity contribution < 1.29 is 0 Å². The third kappa shape index (κ3) is 2.94. The topological polar surface area (TPSA) is 44.9 Å². The molecule has 0 aliphatic heterocycles. The van der Waals surface area contributed by atoms with Crippen molar-refractivity contribution in [1.29, 1.82) is 0 Å². The van der Waals surface area contributed by atoms with Crippen LogP contribution >= 0.6 is 23.2 Å². The predicted molar refractivity (Wildman–Crippen MR) is 87.6 cm³/mol. The molecule has 0 fully saturated rings. The van der Waals surface area contributed by atoms with Crippen LogP contribution in [0.15, 0.2) is 29.1 Å². The van der Waals surface area contributed by atoms with E-state index in [1.165, 1.54) is 0 Å². The number of fused-ring (bicyclic) bond motifs is 1. The number of halogens is 2. The van der Waals surface area contributed by atoms with E-state index in [-0.39, 0.29) is 11.6 Å². The number of aromatic nitrogens is 1. The van der Waals surface area contributed by atoms with Crippen LogP contribution in [0.1, 0.15) is 35.7 Å². The first-order chi connectivity index (χ1) is 10.0. The Morgan fingerprint density at radius 2 is 2.05 bits per heavy atom. The number of aryl methyl sites for hydroxylation is 2. The van der Waals surface area contributed by atoms with Crippen molar-refractivity contribution in [2.45, 2.75) is 32.2 Å². The van der Waals surface area contributed by atoms with Gasteiger partial charge in [-0.2, -0.15) is 0 Å². The number of benzene rings is 1. The molecule has 3 nitrogen and oxygen atoms in total. The molecule has 2 aromatic rings. The summed E-state index contributed by atoms with van der Waals surface area (Å²) < 4.78 is 0. The Kier molecular flexibility index (Phi) is 3.96. The van der Waals surface area contributed by atoms with E-state index in [0.29, 0.717) is 10.0 Å². The quantitative estimate of drug-likeness (QED) is 0.856. The molecule has 0 radical (unpaired) electrons. The average molecular weight is 323 g/mol. The third-order valence-corrected chi connectivity index (χ3v) is 4.63. The van der Waals surface area contributed by atoms with E-state index in [2.05, 4.69) is 10.3 Å². The normalized spacial score (nSPS) is 17.4. The highest BCUT2D eigenvalue weighted by molar-refractivity contribution is 6.35. The van der Waals surface area contributed by atoms with E-state index in [0.717, 1.165) is 41.8 Å². The minimum atomic E-state index is -0.0502.